The Kier molecular flexibility index (Phi) is 4.98. The summed E-state index contributed by atoms with van der Waals surface area (Å²) >= 11 is 0. The highest BCUT2D eigenvalue weighted by atomic mass is 16.6. The van der Waals surface area contributed by atoms with Gasteiger partial charge in [-0.3, -0.25) is 4.68 Å². The Balaban J connectivity index is 1.86. The zero-order chi connectivity index (χ0) is 16.3. The molecule has 22 heavy (non-hydrogen) atoms. The monoisotopic (exact) mass is 308 g/mol. The molecule has 0 spiro atoms. The van der Waals surface area contributed by atoms with Crippen LogP contribution in [0.1, 0.15) is 52.1 Å². The summed E-state index contributed by atoms with van der Waals surface area (Å²) in [4.78, 5) is 11.9. The van der Waals surface area contributed by atoms with Gasteiger partial charge in [0.2, 0.25) is 0 Å². The number of amides is 1. The molecular formula is C16H28N4O2. The molecule has 1 amide bonds. The first-order valence-electron chi connectivity index (χ1n) is 7.99. The van der Waals surface area contributed by atoms with Crippen molar-refractivity contribution in [2.75, 3.05) is 5.32 Å². The summed E-state index contributed by atoms with van der Waals surface area (Å²) in [6, 6.07) is 0.523. The number of carbonyl (C=O) groups is 1. The second-order valence-corrected chi connectivity index (χ2v) is 7.15. The first-order chi connectivity index (χ1) is 10.2. The first kappa shape index (κ1) is 16.6. The van der Waals surface area contributed by atoms with E-state index < -0.39 is 5.60 Å². The summed E-state index contributed by atoms with van der Waals surface area (Å²) < 4.78 is 7.15. The van der Waals surface area contributed by atoms with Gasteiger partial charge >= 0.3 is 6.09 Å². The van der Waals surface area contributed by atoms with Crippen molar-refractivity contribution in [1.82, 2.24) is 15.1 Å². The zero-order valence-corrected chi connectivity index (χ0v) is 14.3. The van der Waals surface area contributed by atoms with E-state index in [-0.39, 0.29) is 12.1 Å². The van der Waals surface area contributed by atoms with Crippen LogP contribution >= 0.6 is 0 Å². The summed E-state index contributed by atoms with van der Waals surface area (Å²) in [5.74, 6) is 0. The highest BCUT2D eigenvalue weighted by molar-refractivity contribution is 5.68. The van der Waals surface area contributed by atoms with Crippen molar-refractivity contribution in [1.29, 1.82) is 0 Å². The molecule has 6 heteroatoms. The van der Waals surface area contributed by atoms with Crippen LogP contribution in [0.25, 0.3) is 0 Å². The molecule has 0 aromatic carbocycles. The molecule has 0 bridgehead atoms. The van der Waals surface area contributed by atoms with E-state index in [1.165, 1.54) is 0 Å². The minimum Gasteiger partial charge on any atom is -0.444 e. The number of aromatic nitrogens is 2. The Morgan fingerprint density at radius 2 is 2.05 bits per heavy atom. The number of carbonyl (C=O) groups excluding carboxylic acids is 1. The van der Waals surface area contributed by atoms with E-state index in [1.54, 1.807) is 0 Å². The largest absolute Gasteiger partial charge is 0.444 e. The second kappa shape index (κ2) is 6.58. The molecule has 1 heterocycles. The standard InChI is InChI=1S/C16H28N4O2/c1-11-14(10-20(5)19-11)17-12-7-6-8-13(9-12)18-15(21)22-16(2,3)4/h10,12-13,17H,6-9H2,1-5H3,(H,18,21). The maximum absolute atomic E-state index is 11.9. The molecule has 6 nitrogen and oxygen atoms in total. The SMILES string of the molecule is Cc1nn(C)cc1NC1CCCC(NC(=O)OC(C)(C)C)C1. The van der Waals surface area contributed by atoms with Crippen LogP contribution in [0.4, 0.5) is 10.5 Å². The number of anilines is 1. The lowest BCUT2D eigenvalue weighted by molar-refractivity contribution is 0.0492. The topological polar surface area (TPSA) is 68.2 Å². The lowest BCUT2D eigenvalue weighted by Crippen LogP contribution is -2.43. The minimum atomic E-state index is -0.455. The fraction of sp³-hybridized carbons (Fsp3) is 0.750. The van der Waals surface area contributed by atoms with E-state index in [0.717, 1.165) is 37.1 Å². The number of rotatable bonds is 3. The van der Waals surface area contributed by atoms with Gasteiger partial charge in [-0.05, 0) is 53.4 Å². The molecule has 2 rings (SSSR count). The third kappa shape index (κ3) is 4.93. The van der Waals surface area contributed by atoms with Gasteiger partial charge in [0.05, 0.1) is 11.4 Å². The highest BCUT2D eigenvalue weighted by Crippen LogP contribution is 2.24. The maximum Gasteiger partial charge on any atom is 0.407 e. The van der Waals surface area contributed by atoms with Gasteiger partial charge in [-0.25, -0.2) is 4.79 Å². The van der Waals surface area contributed by atoms with Crippen LogP contribution in [0.5, 0.6) is 0 Å². The van der Waals surface area contributed by atoms with Crippen molar-refractivity contribution in [3.8, 4) is 0 Å². The molecule has 1 aromatic rings. The van der Waals surface area contributed by atoms with Gasteiger partial charge in [-0.1, -0.05) is 0 Å². The van der Waals surface area contributed by atoms with Crippen molar-refractivity contribution in [3.63, 3.8) is 0 Å². The van der Waals surface area contributed by atoms with Gasteiger partial charge in [0.15, 0.2) is 0 Å². The van der Waals surface area contributed by atoms with Crippen LogP contribution < -0.4 is 10.6 Å². The van der Waals surface area contributed by atoms with Gasteiger partial charge in [-0.2, -0.15) is 5.10 Å². The minimum absolute atomic E-state index is 0.165. The maximum atomic E-state index is 11.9. The molecule has 1 fully saturated rings. The van der Waals surface area contributed by atoms with Crippen LogP contribution in [0, 0.1) is 6.92 Å². The highest BCUT2D eigenvalue weighted by Gasteiger charge is 2.25. The van der Waals surface area contributed by atoms with Crippen LogP contribution in [0.2, 0.25) is 0 Å². The normalized spacial score (nSPS) is 22.2. The van der Waals surface area contributed by atoms with E-state index in [9.17, 15) is 4.79 Å². The Hall–Kier alpha value is -1.72. The zero-order valence-electron chi connectivity index (χ0n) is 14.3. The summed E-state index contributed by atoms with van der Waals surface area (Å²) in [5, 5.41) is 10.9. The molecule has 0 saturated heterocycles. The van der Waals surface area contributed by atoms with Crippen LogP contribution in [0.3, 0.4) is 0 Å². The molecule has 0 aliphatic heterocycles. The number of ether oxygens (including phenoxy) is 1. The molecule has 1 aliphatic carbocycles. The fourth-order valence-electron chi connectivity index (χ4n) is 2.89. The van der Waals surface area contributed by atoms with E-state index >= 15 is 0 Å². The van der Waals surface area contributed by atoms with Gasteiger partial charge in [0.25, 0.3) is 0 Å². The molecule has 1 aromatic heterocycles. The van der Waals surface area contributed by atoms with Gasteiger partial charge in [0, 0.05) is 25.3 Å². The molecule has 2 N–H and O–H groups in total. The Bertz CT molecular complexity index is 519. The number of alkyl carbamates (subject to hydrolysis) is 1. The summed E-state index contributed by atoms with van der Waals surface area (Å²) in [5.41, 5.74) is 1.62. The number of aryl methyl sites for hydroxylation is 2. The third-order valence-corrected chi connectivity index (χ3v) is 3.77. The third-order valence-electron chi connectivity index (χ3n) is 3.77. The molecular weight excluding hydrogens is 280 g/mol. The van der Waals surface area contributed by atoms with Crippen LogP contribution in [-0.4, -0.2) is 33.6 Å². The molecule has 0 radical (unpaired) electrons. The summed E-state index contributed by atoms with van der Waals surface area (Å²) in [6.45, 7) is 7.64. The van der Waals surface area contributed by atoms with Gasteiger partial charge < -0.3 is 15.4 Å². The first-order valence-corrected chi connectivity index (χ1v) is 7.99. The Morgan fingerprint density at radius 1 is 1.36 bits per heavy atom. The molecule has 1 saturated carbocycles. The van der Waals surface area contributed by atoms with Crippen molar-refractivity contribution in [2.45, 2.75) is 71.1 Å². The van der Waals surface area contributed by atoms with E-state index in [2.05, 4.69) is 15.7 Å². The van der Waals surface area contributed by atoms with Gasteiger partial charge in [-0.15, -0.1) is 0 Å². The molecule has 2 atom stereocenters. The van der Waals surface area contributed by atoms with Crippen molar-refractivity contribution in [2.24, 2.45) is 7.05 Å². The Morgan fingerprint density at radius 3 is 2.64 bits per heavy atom. The predicted molar refractivity (Wildman–Crippen MR) is 87.0 cm³/mol. The van der Waals surface area contributed by atoms with E-state index in [1.807, 2.05) is 45.6 Å². The number of nitrogens with one attached hydrogen (secondary N) is 2. The van der Waals surface area contributed by atoms with E-state index in [4.69, 9.17) is 4.74 Å². The van der Waals surface area contributed by atoms with Crippen molar-refractivity contribution < 1.29 is 9.53 Å². The average molecular weight is 308 g/mol. The molecule has 2 unspecified atom stereocenters. The average Bonchev–Trinajstić information content (AvgIpc) is 2.65. The lowest BCUT2D eigenvalue weighted by atomic mass is 9.91. The smallest absolute Gasteiger partial charge is 0.407 e. The fourth-order valence-corrected chi connectivity index (χ4v) is 2.89. The Labute approximate surface area is 132 Å². The van der Waals surface area contributed by atoms with Crippen molar-refractivity contribution in [3.05, 3.63) is 11.9 Å². The number of nitrogens with zero attached hydrogens (tertiary/aromatic N) is 2. The van der Waals surface area contributed by atoms with Gasteiger partial charge in [0.1, 0.15) is 5.60 Å². The molecule has 124 valence electrons. The summed E-state index contributed by atoms with van der Waals surface area (Å²) in [7, 11) is 1.92. The number of hydrogen-bond acceptors (Lipinski definition) is 4. The molecule has 1 aliphatic rings. The van der Waals surface area contributed by atoms with Crippen LogP contribution in [0.15, 0.2) is 6.20 Å². The van der Waals surface area contributed by atoms with E-state index in [0.29, 0.717) is 6.04 Å². The predicted octanol–water partition coefficient (Wildman–Crippen LogP) is 2.98. The van der Waals surface area contributed by atoms with Crippen LogP contribution in [-0.2, 0) is 11.8 Å². The second-order valence-electron chi connectivity index (χ2n) is 7.15. The lowest BCUT2D eigenvalue weighted by Gasteiger charge is -2.31. The van der Waals surface area contributed by atoms with Crippen molar-refractivity contribution >= 4 is 11.8 Å². The number of hydrogen-bond donors (Lipinski definition) is 2. The quantitative estimate of drug-likeness (QED) is 0.901. The summed E-state index contributed by atoms with van der Waals surface area (Å²) in [6.07, 6.45) is 5.80.